The molecule has 1 aliphatic heterocycles. The van der Waals surface area contributed by atoms with Crippen molar-refractivity contribution in [3.05, 3.63) is 41.1 Å². The normalized spacial score (nSPS) is 17.7. The van der Waals surface area contributed by atoms with Gasteiger partial charge in [-0.15, -0.1) is 0 Å². The molecule has 8 nitrogen and oxygen atoms in total. The number of hydrogen-bond acceptors (Lipinski definition) is 6. The number of urea groups is 1. The highest BCUT2D eigenvalue weighted by molar-refractivity contribution is 5.92. The van der Waals surface area contributed by atoms with Crippen molar-refractivity contribution in [2.24, 2.45) is 5.92 Å². The van der Waals surface area contributed by atoms with E-state index in [1.807, 2.05) is 32.9 Å². The van der Waals surface area contributed by atoms with E-state index >= 15 is 0 Å². The average molecular weight is 416 g/mol. The minimum absolute atomic E-state index is 0.171. The molecular weight excluding hydrogens is 382 g/mol. The average Bonchev–Trinajstić information content (AvgIpc) is 3.25. The summed E-state index contributed by atoms with van der Waals surface area (Å²) < 4.78 is 5.39. The number of ether oxygens (including phenoxy) is 1. The van der Waals surface area contributed by atoms with Crippen molar-refractivity contribution in [1.29, 1.82) is 5.41 Å². The molecule has 2 amide bonds. The molecule has 164 valence electrons. The van der Waals surface area contributed by atoms with Gasteiger partial charge in [-0.25, -0.2) is 9.78 Å². The number of hydrogen-bond donors (Lipinski definition) is 5. The zero-order chi connectivity index (χ0) is 21.9. The van der Waals surface area contributed by atoms with Crippen LogP contribution in [0, 0.1) is 11.3 Å². The highest BCUT2D eigenvalue weighted by Gasteiger charge is 2.18. The number of carbonyl (C=O) groups is 1. The molecule has 2 rings (SSSR count). The van der Waals surface area contributed by atoms with Gasteiger partial charge in [-0.3, -0.25) is 5.32 Å². The van der Waals surface area contributed by atoms with E-state index in [1.165, 1.54) is 6.21 Å². The van der Waals surface area contributed by atoms with Gasteiger partial charge in [0.2, 0.25) is 0 Å². The number of aliphatic hydroxyl groups is 1. The van der Waals surface area contributed by atoms with Crippen LogP contribution in [0.3, 0.4) is 0 Å². The first-order chi connectivity index (χ1) is 14.5. The van der Waals surface area contributed by atoms with Gasteiger partial charge in [0.05, 0.1) is 30.6 Å². The summed E-state index contributed by atoms with van der Waals surface area (Å²) in [5.41, 5.74) is 2.57. The van der Waals surface area contributed by atoms with Crippen molar-refractivity contribution in [1.82, 2.24) is 10.3 Å². The lowest BCUT2D eigenvalue weighted by Gasteiger charge is -2.18. The van der Waals surface area contributed by atoms with E-state index in [0.717, 1.165) is 25.0 Å². The van der Waals surface area contributed by atoms with Crippen LogP contribution in [0.2, 0.25) is 0 Å². The maximum Gasteiger partial charge on any atom is 0.320 e. The van der Waals surface area contributed by atoms with Crippen molar-refractivity contribution in [3.8, 4) is 0 Å². The Kier molecular flexibility index (Phi) is 9.50. The monoisotopic (exact) mass is 415 g/mol. The molecule has 5 N–H and O–H groups in total. The molecule has 0 spiro atoms. The molecule has 1 aromatic rings. The lowest BCUT2D eigenvalue weighted by molar-refractivity contribution is 0.187. The Morgan fingerprint density at radius 1 is 1.50 bits per heavy atom. The van der Waals surface area contributed by atoms with Crippen molar-refractivity contribution < 1.29 is 14.6 Å². The summed E-state index contributed by atoms with van der Waals surface area (Å²) in [6.07, 6.45) is 9.02. The zero-order valence-corrected chi connectivity index (χ0v) is 18.0. The highest BCUT2D eigenvalue weighted by Crippen LogP contribution is 2.24. The Balaban J connectivity index is 2.10. The number of aliphatic hydroxyl groups excluding tert-OH is 1. The Morgan fingerprint density at radius 2 is 2.30 bits per heavy atom. The summed E-state index contributed by atoms with van der Waals surface area (Å²) in [4.78, 5) is 16.8. The van der Waals surface area contributed by atoms with E-state index in [-0.39, 0.29) is 18.5 Å². The number of allylic oxidation sites excluding steroid dienone is 2. The first-order valence-corrected chi connectivity index (χ1v) is 10.4. The first kappa shape index (κ1) is 23.6. The smallest absolute Gasteiger partial charge is 0.320 e. The lowest BCUT2D eigenvalue weighted by atomic mass is 10.1. The molecule has 1 fully saturated rings. The highest BCUT2D eigenvalue weighted by atomic mass is 16.5. The second-order valence-electron chi connectivity index (χ2n) is 7.26. The van der Waals surface area contributed by atoms with Crippen molar-refractivity contribution in [2.45, 2.75) is 46.3 Å². The molecule has 1 saturated heterocycles. The summed E-state index contributed by atoms with van der Waals surface area (Å²) in [7, 11) is 0. The number of rotatable bonds is 10. The van der Waals surface area contributed by atoms with Gasteiger partial charge in [0.25, 0.3) is 0 Å². The molecule has 30 heavy (non-hydrogen) atoms. The number of pyridine rings is 1. The molecule has 1 aromatic heterocycles. The van der Waals surface area contributed by atoms with Gasteiger partial charge < -0.3 is 25.9 Å². The van der Waals surface area contributed by atoms with Crippen LogP contribution in [0.15, 0.2) is 29.9 Å². The van der Waals surface area contributed by atoms with Gasteiger partial charge in [-0.2, -0.15) is 0 Å². The van der Waals surface area contributed by atoms with Gasteiger partial charge in [0.15, 0.2) is 0 Å². The molecule has 0 aromatic carbocycles. The lowest BCUT2D eigenvalue weighted by Crippen LogP contribution is -2.37. The van der Waals surface area contributed by atoms with E-state index in [4.69, 9.17) is 10.1 Å². The van der Waals surface area contributed by atoms with Crippen LogP contribution in [0.5, 0.6) is 0 Å². The number of aromatic nitrogens is 1. The molecule has 2 heterocycles. The molecule has 1 aliphatic rings. The third-order valence-corrected chi connectivity index (χ3v) is 4.91. The van der Waals surface area contributed by atoms with Crippen molar-refractivity contribution in [3.63, 3.8) is 0 Å². The van der Waals surface area contributed by atoms with E-state index in [0.29, 0.717) is 36.0 Å². The number of carbonyl (C=O) groups excluding carboxylic acids is 1. The standard InChI is InChI=1S/C22H33N5O3/c1-4-6-17(7-5-2)15(3)25-22(29)27-20-10-18(11-23)21(19(13-28)26-20)24-12-16-8-9-30-14-16/h4,6-7,10-11,15-16,23-24,28H,5,8-9,12-14H2,1-3H3,(H2,25,26,27,29)/b6-4-,17-7+,23-11?. The largest absolute Gasteiger partial charge is 0.390 e. The zero-order valence-electron chi connectivity index (χ0n) is 18.0. The third kappa shape index (κ3) is 6.67. The molecule has 2 atom stereocenters. The fourth-order valence-corrected chi connectivity index (χ4v) is 3.36. The second kappa shape index (κ2) is 12.1. The van der Waals surface area contributed by atoms with Crippen LogP contribution < -0.4 is 16.0 Å². The predicted octanol–water partition coefficient (Wildman–Crippen LogP) is 3.44. The van der Waals surface area contributed by atoms with Gasteiger partial charge >= 0.3 is 6.03 Å². The molecule has 0 radical (unpaired) electrons. The van der Waals surface area contributed by atoms with Crippen LogP contribution in [-0.4, -0.2) is 48.1 Å². The van der Waals surface area contributed by atoms with Crippen molar-refractivity contribution >= 4 is 23.8 Å². The van der Waals surface area contributed by atoms with Crippen molar-refractivity contribution in [2.75, 3.05) is 30.4 Å². The van der Waals surface area contributed by atoms with Gasteiger partial charge in [0, 0.05) is 30.8 Å². The third-order valence-electron chi connectivity index (χ3n) is 4.91. The fraction of sp³-hybridized carbons (Fsp3) is 0.500. The molecule has 0 bridgehead atoms. The summed E-state index contributed by atoms with van der Waals surface area (Å²) in [5.74, 6) is 0.673. The van der Waals surface area contributed by atoms with Gasteiger partial charge in [0.1, 0.15) is 5.82 Å². The number of nitrogens with one attached hydrogen (secondary N) is 4. The SMILES string of the molecule is C/C=C\C(=C/CC)C(C)NC(=O)Nc1cc(C=N)c(NCC2CCOC2)c(CO)n1. The van der Waals surface area contributed by atoms with Crippen LogP contribution >= 0.6 is 0 Å². The van der Waals surface area contributed by atoms with Gasteiger partial charge in [-0.1, -0.05) is 25.2 Å². The minimum Gasteiger partial charge on any atom is -0.390 e. The first-order valence-electron chi connectivity index (χ1n) is 10.4. The van der Waals surface area contributed by atoms with Crippen LogP contribution in [-0.2, 0) is 11.3 Å². The Hall–Kier alpha value is -2.71. The molecular formula is C22H33N5O3. The topological polar surface area (TPSA) is 119 Å². The predicted molar refractivity (Wildman–Crippen MR) is 120 cm³/mol. The minimum atomic E-state index is -0.398. The Morgan fingerprint density at radius 3 is 2.90 bits per heavy atom. The number of amides is 2. The quantitative estimate of drug-likeness (QED) is 0.296. The van der Waals surface area contributed by atoms with Crippen LogP contribution in [0.25, 0.3) is 0 Å². The molecule has 0 saturated carbocycles. The number of anilines is 2. The Bertz CT molecular complexity index is 785. The van der Waals surface area contributed by atoms with Gasteiger partial charge in [-0.05, 0) is 38.3 Å². The number of nitrogens with zero attached hydrogens (tertiary/aromatic N) is 1. The Labute approximate surface area is 178 Å². The summed E-state index contributed by atoms with van der Waals surface area (Å²) in [6, 6.07) is 1.05. The summed E-state index contributed by atoms with van der Waals surface area (Å²) in [6.45, 7) is 7.73. The van der Waals surface area contributed by atoms with E-state index in [2.05, 4.69) is 27.0 Å². The summed E-state index contributed by atoms with van der Waals surface area (Å²) in [5, 5.41) is 26.4. The van der Waals surface area contributed by atoms with E-state index < -0.39 is 6.03 Å². The molecule has 2 unspecified atom stereocenters. The van der Waals surface area contributed by atoms with Crippen LogP contribution in [0.4, 0.5) is 16.3 Å². The molecule has 8 heteroatoms. The maximum atomic E-state index is 12.5. The summed E-state index contributed by atoms with van der Waals surface area (Å²) >= 11 is 0. The van der Waals surface area contributed by atoms with E-state index in [1.54, 1.807) is 6.07 Å². The van der Waals surface area contributed by atoms with Crippen LogP contribution in [0.1, 0.15) is 44.9 Å². The molecule has 0 aliphatic carbocycles. The second-order valence-corrected chi connectivity index (χ2v) is 7.26. The van der Waals surface area contributed by atoms with E-state index in [9.17, 15) is 9.90 Å². The fourth-order valence-electron chi connectivity index (χ4n) is 3.36. The maximum absolute atomic E-state index is 12.5.